The molecule has 0 unspecified atom stereocenters. The van der Waals surface area contributed by atoms with Gasteiger partial charge in [0, 0.05) is 0 Å². The molecule has 0 radical (unpaired) electrons. The Bertz CT molecular complexity index is 657. The molecule has 1 aromatic carbocycles. The third kappa shape index (κ3) is 2.62. The minimum absolute atomic E-state index is 0.215. The van der Waals surface area contributed by atoms with Crippen LogP contribution in [0.5, 0.6) is 0 Å². The highest BCUT2D eigenvalue weighted by molar-refractivity contribution is 14.1. The van der Waals surface area contributed by atoms with Gasteiger partial charge in [-0.15, -0.1) is 0 Å². The summed E-state index contributed by atoms with van der Waals surface area (Å²) < 4.78 is 0.448. The molecule has 2 N–H and O–H groups in total. The van der Waals surface area contributed by atoms with E-state index in [2.05, 4.69) is 15.3 Å². The lowest BCUT2D eigenvalue weighted by atomic mass is 10.2. The standard InChI is InChI=1S/C11H8Cl2IN3O/c1-5-2-3-6(12)9(7(5)13)17-10-8(14)11(18)16-4-15-10/h2-4H,1H3,(H2,15,16,17,18). The molecular weight excluding hydrogens is 388 g/mol. The predicted octanol–water partition coefficient (Wildman–Crippen LogP) is 3.73. The number of benzene rings is 1. The summed E-state index contributed by atoms with van der Waals surface area (Å²) in [5.41, 5.74) is 1.23. The normalized spacial score (nSPS) is 10.4. The number of nitrogens with zero attached hydrogens (tertiary/aromatic N) is 1. The Morgan fingerprint density at radius 2 is 2.11 bits per heavy atom. The predicted molar refractivity (Wildman–Crippen MR) is 82.1 cm³/mol. The van der Waals surface area contributed by atoms with Crippen LogP contribution in [-0.2, 0) is 0 Å². The van der Waals surface area contributed by atoms with Crippen LogP contribution >= 0.6 is 45.8 Å². The van der Waals surface area contributed by atoms with Crippen molar-refractivity contribution in [2.24, 2.45) is 0 Å². The SMILES string of the molecule is Cc1ccc(Cl)c(Nc2nc[nH]c(=O)c2I)c1Cl. The van der Waals surface area contributed by atoms with E-state index in [4.69, 9.17) is 23.2 Å². The number of aromatic amines is 1. The summed E-state index contributed by atoms with van der Waals surface area (Å²) in [6.45, 7) is 1.88. The summed E-state index contributed by atoms with van der Waals surface area (Å²) >= 11 is 14.2. The first-order chi connectivity index (χ1) is 8.50. The Morgan fingerprint density at radius 1 is 1.39 bits per heavy atom. The smallest absolute Gasteiger partial charge is 0.266 e. The zero-order valence-electron chi connectivity index (χ0n) is 9.22. The number of halogens is 3. The van der Waals surface area contributed by atoms with Crippen molar-refractivity contribution in [1.82, 2.24) is 9.97 Å². The summed E-state index contributed by atoms with van der Waals surface area (Å²) in [4.78, 5) is 18.0. The fourth-order valence-corrected chi connectivity index (χ4v) is 2.25. The molecule has 2 rings (SSSR count). The van der Waals surface area contributed by atoms with Gasteiger partial charge in [-0.05, 0) is 41.1 Å². The van der Waals surface area contributed by atoms with Crippen LogP contribution in [0.1, 0.15) is 5.56 Å². The number of hydrogen-bond acceptors (Lipinski definition) is 3. The highest BCUT2D eigenvalue weighted by Crippen LogP contribution is 2.35. The van der Waals surface area contributed by atoms with Crippen LogP contribution in [0.3, 0.4) is 0 Å². The Labute approximate surface area is 127 Å². The molecule has 7 heteroatoms. The van der Waals surface area contributed by atoms with E-state index < -0.39 is 0 Å². The van der Waals surface area contributed by atoms with Crippen LogP contribution in [0.4, 0.5) is 11.5 Å². The zero-order valence-corrected chi connectivity index (χ0v) is 12.9. The molecule has 18 heavy (non-hydrogen) atoms. The molecule has 0 amide bonds. The first-order valence-electron chi connectivity index (χ1n) is 4.95. The van der Waals surface area contributed by atoms with Crippen molar-refractivity contribution in [1.29, 1.82) is 0 Å². The fraction of sp³-hybridized carbons (Fsp3) is 0.0909. The molecule has 1 heterocycles. The number of rotatable bonds is 2. The molecule has 94 valence electrons. The summed E-state index contributed by atoms with van der Waals surface area (Å²) in [7, 11) is 0. The number of aryl methyl sites for hydroxylation is 1. The van der Waals surface area contributed by atoms with Crippen LogP contribution in [-0.4, -0.2) is 9.97 Å². The quantitative estimate of drug-likeness (QED) is 0.761. The summed E-state index contributed by atoms with van der Waals surface area (Å²) in [5.74, 6) is 0.425. The van der Waals surface area contributed by atoms with E-state index in [0.717, 1.165) is 5.56 Å². The maximum absolute atomic E-state index is 11.5. The average Bonchev–Trinajstić information content (AvgIpc) is 2.35. The minimum atomic E-state index is -0.215. The third-order valence-corrected chi connectivity index (χ3v) is 4.13. The van der Waals surface area contributed by atoms with Crippen LogP contribution in [0, 0.1) is 10.5 Å². The van der Waals surface area contributed by atoms with Crippen molar-refractivity contribution in [3.05, 3.63) is 48.0 Å². The molecule has 4 nitrogen and oxygen atoms in total. The molecule has 0 fully saturated rings. The molecule has 0 atom stereocenters. The van der Waals surface area contributed by atoms with Gasteiger partial charge in [-0.2, -0.15) is 0 Å². The highest BCUT2D eigenvalue weighted by Gasteiger charge is 2.12. The summed E-state index contributed by atoms with van der Waals surface area (Å²) in [5, 5.41) is 3.98. The van der Waals surface area contributed by atoms with Gasteiger partial charge in [0.25, 0.3) is 5.56 Å². The number of hydrogen-bond donors (Lipinski definition) is 2. The number of nitrogens with one attached hydrogen (secondary N) is 2. The van der Waals surface area contributed by atoms with E-state index in [1.54, 1.807) is 6.07 Å². The topological polar surface area (TPSA) is 57.8 Å². The Kier molecular flexibility index (Phi) is 4.14. The zero-order chi connectivity index (χ0) is 13.3. The molecule has 0 saturated carbocycles. The second kappa shape index (κ2) is 5.46. The lowest BCUT2D eigenvalue weighted by Crippen LogP contribution is -2.13. The maximum atomic E-state index is 11.5. The van der Waals surface area contributed by atoms with Gasteiger partial charge in [0.05, 0.1) is 22.1 Å². The van der Waals surface area contributed by atoms with Gasteiger partial charge in [0.1, 0.15) is 3.57 Å². The second-order valence-electron chi connectivity index (χ2n) is 3.57. The van der Waals surface area contributed by atoms with Crippen molar-refractivity contribution in [3.8, 4) is 0 Å². The number of anilines is 2. The van der Waals surface area contributed by atoms with Gasteiger partial charge in [0.2, 0.25) is 0 Å². The molecule has 0 aliphatic rings. The molecule has 2 aromatic rings. The van der Waals surface area contributed by atoms with Gasteiger partial charge in [0.15, 0.2) is 5.82 Å². The van der Waals surface area contributed by atoms with Crippen molar-refractivity contribution >= 4 is 57.3 Å². The Balaban J connectivity index is 2.50. The van der Waals surface area contributed by atoms with Crippen molar-refractivity contribution < 1.29 is 0 Å². The second-order valence-corrected chi connectivity index (χ2v) is 5.44. The number of aromatic nitrogens is 2. The van der Waals surface area contributed by atoms with E-state index in [9.17, 15) is 4.79 Å². The first kappa shape index (κ1) is 13.6. The fourth-order valence-electron chi connectivity index (χ4n) is 1.36. The van der Waals surface area contributed by atoms with Crippen LogP contribution in [0.2, 0.25) is 10.0 Å². The Morgan fingerprint density at radius 3 is 2.83 bits per heavy atom. The van der Waals surface area contributed by atoms with E-state index >= 15 is 0 Å². The first-order valence-corrected chi connectivity index (χ1v) is 6.79. The molecule has 0 spiro atoms. The molecule has 0 saturated heterocycles. The van der Waals surface area contributed by atoms with E-state index in [1.165, 1.54) is 6.33 Å². The van der Waals surface area contributed by atoms with Gasteiger partial charge in [-0.3, -0.25) is 4.79 Å². The minimum Gasteiger partial charge on any atom is -0.337 e. The molecule has 0 bridgehead atoms. The van der Waals surface area contributed by atoms with Gasteiger partial charge in [-0.1, -0.05) is 29.3 Å². The largest absolute Gasteiger partial charge is 0.337 e. The monoisotopic (exact) mass is 395 g/mol. The van der Waals surface area contributed by atoms with Crippen LogP contribution in [0.25, 0.3) is 0 Å². The van der Waals surface area contributed by atoms with Crippen molar-refractivity contribution in [2.75, 3.05) is 5.32 Å². The van der Waals surface area contributed by atoms with Crippen LogP contribution < -0.4 is 10.9 Å². The molecule has 1 aromatic heterocycles. The maximum Gasteiger partial charge on any atom is 0.266 e. The molecule has 0 aliphatic heterocycles. The Hall–Kier alpha value is -0.790. The van der Waals surface area contributed by atoms with Gasteiger partial charge >= 0.3 is 0 Å². The average molecular weight is 396 g/mol. The van der Waals surface area contributed by atoms with Crippen LogP contribution in [0.15, 0.2) is 23.3 Å². The number of H-pyrrole nitrogens is 1. The lowest BCUT2D eigenvalue weighted by molar-refractivity contribution is 1.10. The van der Waals surface area contributed by atoms with Gasteiger partial charge in [-0.25, -0.2) is 4.98 Å². The van der Waals surface area contributed by atoms with E-state index in [-0.39, 0.29) is 5.56 Å². The summed E-state index contributed by atoms with van der Waals surface area (Å²) in [6, 6.07) is 3.57. The van der Waals surface area contributed by atoms with Crippen molar-refractivity contribution in [2.45, 2.75) is 6.92 Å². The van der Waals surface area contributed by atoms with Crippen molar-refractivity contribution in [3.63, 3.8) is 0 Å². The van der Waals surface area contributed by atoms with E-state index in [1.807, 2.05) is 35.6 Å². The van der Waals surface area contributed by atoms with Gasteiger partial charge < -0.3 is 10.3 Å². The van der Waals surface area contributed by atoms with E-state index in [0.29, 0.717) is 25.1 Å². The highest BCUT2D eigenvalue weighted by atomic mass is 127. The summed E-state index contributed by atoms with van der Waals surface area (Å²) in [6.07, 6.45) is 1.32. The third-order valence-electron chi connectivity index (χ3n) is 2.32. The lowest BCUT2D eigenvalue weighted by Gasteiger charge is -2.12. The molecular formula is C11H8Cl2IN3O. The molecule has 0 aliphatic carbocycles.